The van der Waals surface area contributed by atoms with Gasteiger partial charge in [-0.3, -0.25) is 10.1 Å². The maximum Gasteiger partial charge on any atom is 0.410 e. The Balaban J connectivity index is 1.79. The zero-order valence-electron chi connectivity index (χ0n) is 13.5. The molecule has 0 aliphatic carbocycles. The Hall–Kier alpha value is -1.83. The molecule has 2 rings (SSSR count). The minimum atomic E-state index is -0.480. The van der Waals surface area contributed by atoms with Gasteiger partial charge in [0.25, 0.3) is 5.69 Å². The number of likely N-dealkylation sites (tertiary alicyclic amines) is 1. The van der Waals surface area contributed by atoms with Gasteiger partial charge in [-0.05, 0) is 39.2 Å². The molecule has 2 heterocycles. The summed E-state index contributed by atoms with van der Waals surface area (Å²) in [6, 6.07) is 3.11. The number of rotatable bonds is 4. The molecule has 1 fully saturated rings. The van der Waals surface area contributed by atoms with Gasteiger partial charge in [-0.25, -0.2) is 9.78 Å². The van der Waals surface area contributed by atoms with Crippen LogP contribution in [0.25, 0.3) is 0 Å². The Morgan fingerprint density at radius 3 is 2.83 bits per heavy atom. The van der Waals surface area contributed by atoms with Crippen LogP contribution in [0.4, 0.5) is 10.5 Å². The molecule has 0 bridgehead atoms. The minimum absolute atomic E-state index is 0.00804. The topological polar surface area (TPSA) is 85.6 Å². The third-order valence-electron chi connectivity index (χ3n) is 3.34. The number of hydrogen-bond donors (Lipinski definition) is 0. The van der Waals surface area contributed by atoms with E-state index in [1.807, 2.05) is 20.8 Å². The molecule has 1 aromatic rings. The van der Waals surface area contributed by atoms with E-state index >= 15 is 0 Å². The predicted octanol–water partition coefficient (Wildman–Crippen LogP) is 3.34. The summed E-state index contributed by atoms with van der Waals surface area (Å²) in [7, 11) is 0. The number of carbonyl (C=O) groups excluding carboxylic acids is 1. The summed E-state index contributed by atoms with van der Waals surface area (Å²) in [5, 5.41) is 11.3. The van der Waals surface area contributed by atoms with Crippen LogP contribution in [-0.4, -0.2) is 45.3 Å². The Morgan fingerprint density at radius 1 is 1.52 bits per heavy atom. The lowest BCUT2D eigenvalue weighted by Gasteiger charge is -2.24. The summed E-state index contributed by atoms with van der Waals surface area (Å²) < 4.78 is 5.37. The van der Waals surface area contributed by atoms with Crippen molar-refractivity contribution in [2.75, 3.05) is 18.8 Å². The maximum atomic E-state index is 12.0. The van der Waals surface area contributed by atoms with Crippen LogP contribution in [0.5, 0.6) is 0 Å². The zero-order chi connectivity index (χ0) is 17.0. The van der Waals surface area contributed by atoms with Crippen molar-refractivity contribution in [3.8, 4) is 0 Å². The quantitative estimate of drug-likeness (QED) is 0.475. The molecule has 23 heavy (non-hydrogen) atoms. The Labute approximate surface area is 139 Å². The molecule has 1 saturated heterocycles. The molecule has 1 aliphatic heterocycles. The molecule has 1 amide bonds. The molecule has 0 unspecified atom stereocenters. The van der Waals surface area contributed by atoms with Crippen LogP contribution in [-0.2, 0) is 4.74 Å². The molecule has 8 heteroatoms. The van der Waals surface area contributed by atoms with E-state index in [9.17, 15) is 14.9 Å². The summed E-state index contributed by atoms with van der Waals surface area (Å²) in [6.07, 6.45) is 1.93. The molecular weight excluding hydrogens is 318 g/mol. The van der Waals surface area contributed by atoms with Crippen molar-refractivity contribution in [3.05, 3.63) is 28.4 Å². The smallest absolute Gasteiger partial charge is 0.410 e. The van der Waals surface area contributed by atoms with Gasteiger partial charge in [-0.1, -0.05) is 0 Å². The standard InChI is InChI=1S/C15H21N3O4S/c1-15(2,3)22-14(19)17-7-6-11(9-17)10-23-13-5-4-12(8-16-13)18(20)21/h4-5,8,11H,6-7,9-10H2,1-3H3/t11-/m0/s1. The van der Waals surface area contributed by atoms with E-state index in [0.717, 1.165) is 17.2 Å². The highest BCUT2D eigenvalue weighted by atomic mass is 32.2. The third kappa shape index (κ3) is 5.38. The van der Waals surface area contributed by atoms with Crippen LogP contribution in [0.15, 0.2) is 23.4 Å². The van der Waals surface area contributed by atoms with E-state index in [1.54, 1.807) is 22.7 Å². The minimum Gasteiger partial charge on any atom is -0.444 e. The monoisotopic (exact) mass is 339 g/mol. The first kappa shape index (κ1) is 17.5. The van der Waals surface area contributed by atoms with Gasteiger partial charge in [-0.2, -0.15) is 0 Å². The molecule has 0 radical (unpaired) electrons. The van der Waals surface area contributed by atoms with Crippen molar-refractivity contribution in [2.45, 2.75) is 37.8 Å². The normalized spacial score (nSPS) is 18.0. The molecule has 0 aromatic carbocycles. The average molecular weight is 339 g/mol. The largest absolute Gasteiger partial charge is 0.444 e. The fourth-order valence-corrected chi connectivity index (χ4v) is 3.20. The number of nitrogens with zero attached hydrogens (tertiary/aromatic N) is 3. The number of carbonyl (C=O) groups is 1. The highest BCUT2D eigenvalue weighted by Gasteiger charge is 2.29. The second-order valence-corrected chi connectivity index (χ2v) is 7.54. The lowest BCUT2D eigenvalue weighted by atomic mass is 10.2. The van der Waals surface area contributed by atoms with Crippen LogP contribution in [0.1, 0.15) is 27.2 Å². The van der Waals surface area contributed by atoms with Gasteiger partial charge in [0.2, 0.25) is 0 Å². The van der Waals surface area contributed by atoms with Gasteiger partial charge >= 0.3 is 6.09 Å². The van der Waals surface area contributed by atoms with Crippen LogP contribution < -0.4 is 0 Å². The van der Waals surface area contributed by atoms with Gasteiger partial charge < -0.3 is 9.64 Å². The van der Waals surface area contributed by atoms with Crippen molar-refractivity contribution >= 4 is 23.5 Å². The van der Waals surface area contributed by atoms with Gasteiger partial charge in [0.15, 0.2) is 0 Å². The zero-order valence-corrected chi connectivity index (χ0v) is 14.3. The molecule has 126 valence electrons. The summed E-state index contributed by atoms with van der Waals surface area (Å²) in [5.41, 5.74) is -0.488. The van der Waals surface area contributed by atoms with Crippen molar-refractivity contribution in [1.29, 1.82) is 0 Å². The fraction of sp³-hybridized carbons (Fsp3) is 0.600. The van der Waals surface area contributed by atoms with Crippen molar-refractivity contribution in [1.82, 2.24) is 9.88 Å². The molecule has 1 atom stereocenters. The highest BCUT2D eigenvalue weighted by molar-refractivity contribution is 7.99. The van der Waals surface area contributed by atoms with Crippen LogP contribution in [0.2, 0.25) is 0 Å². The predicted molar refractivity (Wildman–Crippen MR) is 87.5 cm³/mol. The average Bonchev–Trinajstić information content (AvgIpc) is 2.93. The Morgan fingerprint density at radius 2 is 2.26 bits per heavy atom. The number of amides is 1. The number of thioether (sulfide) groups is 1. The van der Waals surface area contributed by atoms with E-state index in [1.165, 1.54) is 12.3 Å². The van der Waals surface area contributed by atoms with Crippen LogP contribution >= 0.6 is 11.8 Å². The SMILES string of the molecule is CC(C)(C)OC(=O)N1CC[C@H](CSc2ccc([N+](=O)[O-])cn2)C1. The van der Waals surface area contributed by atoms with E-state index in [4.69, 9.17) is 4.74 Å². The summed E-state index contributed by atoms with van der Waals surface area (Å²) in [5.74, 6) is 1.20. The van der Waals surface area contributed by atoms with Crippen molar-refractivity contribution < 1.29 is 14.5 Å². The van der Waals surface area contributed by atoms with Crippen LogP contribution in [0, 0.1) is 16.0 Å². The second kappa shape index (κ2) is 7.16. The Bertz CT molecular complexity index is 571. The highest BCUT2D eigenvalue weighted by Crippen LogP contribution is 2.26. The molecule has 0 spiro atoms. The summed E-state index contributed by atoms with van der Waals surface area (Å²) >= 11 is 1.55. The van der Waals surface area contributed by atoms with Crippen molar-refractivity contribution in [3.63, 3.8) is 0 Å². The van der Waals surface area contributed by atoms with Gasteiger partial charge in [0.1, 0.15) is 11.8 Å². The maximum absolute atomic E-state index is 12.0. The third-order valence-corrected chi connectivity index (χ3v) is 4.51. The molecule has 7 nitrogen and oxygen atoms in total. The van der Waals surface area contributed by atoms with E-state index in [0.29, 0.717) is 19.0 Å². The lowest BCUT2D eigenvalue weighted by Crippen LogP contribution is -2.35. The fourth-order valence-electron chi connectivity index (χ4n) is 2.23. The molecule has 0 saturated carbocycles. The molecule has 0 N–H and O–H groups in total. The Kier molecular flexibility index (Phi) is 5.46. The first-order valence-electron chi connectivity index (χ1n) is 7.46. The van der Waals surface area contributed by atoms with E-state index < -0.39 is 10.5 Å². The molecular formula is C15H21N3O4S. The summed E-state index contributed by atoms with van der Waals surface area (Å²) in [6.45, 7) is 6.94. The van der Waals surface area contributed by atoms with E-state index in [2.05, 4.69) is 4.98 Å². The number of nitro groups is 1. The number of ether oxygens (including phenoxy) is 1. The second-order valence-electron chi connectivity index (χ2n) is 6.50. The number of hydrogen-bond acceptors (Lipinski definition) is 6. The lowest BCUT2D eigenvalue weighted by molar-refractivity contribution is -0.385. The summed E-state index contributed by atoms with van der Waals surface area (Å²) in [4.78, 5) is 27.9. The molecule has 1 aliphatic rings. The first-order valence-corrected chi connectivity index (χ1v) is 8.44. The molecule has 1 aromatic heterocycles. The number of pyridine rings is 1. The van der Waals surface area contributed by atoms with Gasteiger partial charge in [0, 0.05) is 24.9 Å². The first-order chi connectivity index (χ1) is 10.7. The van der Waals surface area contributed by atoms with Crippen LogP contribution in [0.3, 0.4) is 0 Å². The van der Waals surface area contributed by atoms with Gasteiger partial charge in [0.05, 0.1) is 9.95 Å². The van der Waals surface area contributed by atoms with E-state index in [-0.39, 0.29) is 11.8 Å². The number of aromatic nitrogens is 1. The van der Waals surface area contributed by atoms with Crippen molar-refractivity contribution in [2.24, 2.45) is 5.92 Å². The van der Waals surface area contributed by atoms with Gasteiger partial charge in [-0.15, -0.1) is 11.8 Å².